The summed E-state index contributed by atoms with van der Waals surface area (Å²) in [5, 5.41) is 0. The molecule has 1 aromatic rings. The van der Waals surface area contributed by atoms with Crippen LogP contribution in [0.2, 0.25) is 39.3 Å². The van der Waals surface area contributed by atoms with E-state index >= 15 is 0 Å². The van der Waals surface area contributed by atoms with Crippen LogP contribution in [0.5, 0.6) is 0 Å². The highest BCUT2D eigenvalue weighted by Crippen LogP contribution is 2.52. The number of hydrogen-bond acceptors (Lipinski definition) is 5. The van der Waals surface area contributed by atoms with E-state index in [-0.39, 0.29) is 5.41 Å². The lowest BCUT2D eigenvalue weighted by atomic mass is 9.74. The average Bonchev–Trinajstić information content (AvgIpc) is 3.02. The minimum Gasteiger partial charge on any atom is -0.313 e. The topological polar surface area (TPSA) is 46.2 Å². The third-order valence-electron chi connectivity index (χ3n) is 4.72. The van der Waals surface area contributed by atoms with Crippen LogP contribution >= 0.6 is 0 Å². The summed E-state index contributed by atoms with van der Waals surface area (Å²) in [6.07, 6.45) is 3.32. The first kappa shape index (κ1) is 20.2. The highest BCUT2D eigenvalue weighted by Gasteiger charge is 2.52. The Balaban J connectivity index is 1.91. The summed E-state index contributed by atoms with van der Waals surface area (Å²) in [6.45, 7) is 12.6. The van der Waals surface area contributed by atoms with E-state index in [4.69, 9.17) is 23.7 Å². The fraction of sp³-hybridized carbons (Fsp3) is 0.684. The van der Waals surface area contributed by atoms with Gasteiger partial charge >= 0.3 is 0 Å². The third kappa shape index (κ3) is 4.47. The molecule has 0 aromatic heterocycles. The molecule has 1 saturated carbocycles. The van der Waals surface area contributed by atoms with Crippen LogP contribution in [-0.2, 0) is 29.1 Å². The summed E-state index contributed by atoms with van der Waals surface area (Å²) in [4.78, 5) is 11.7. The van der Waals surface area contributed by atoms with E-state index in [1.807, 2.05) is 6.07 Å². The highest BCUT2D eigenvalue weighted by atomic mass is 28.4. The molecule has 0 radical (unpaired) electrons. The van der Waals surface area contributed by atoms with Crippen molar-refractivity contribution in [2.24, 2.45) is 0 Å². The van der Waals surface area contributed by atoms with Crippen molar-refractivity contribution in [3.05, 3.63) is 35.4 Å². The molecule has 1 heterocycles. The van der Waals surface area contributed by atoms with Crippen LogP contribution in [0.15, 0.2) is 24.3 Å². The van der Waals surface area contributed by atoms with Gasteiger partial charge in [0.2, 0.25) is 29.2 Å². The van der Waals surface area contributed by atoms with Crippen molar-refractivity contribution in [2.45, 2.75) is 83.0 Å². The number of fused-ring (bicyclic) bond motifs is 2. The van der Waals surface area contributed by atoms with E-state index in [1.54, 1.807) is 0 Å². The van der Waals surface area contributed by atoms with E-state index in [0.29, 0.717) is 0 Å². The third-order valence-corrected chi connectivity index (χ3v) is 5.91. The van der Waals surface area contributed by atoms with Crippen LogP contribution in [0.3, 0.4) is 0 Å². The summed E-state index contributed by atoms with van der Waals surface area (Å²) in [6, 6.07) is 8.36. The maximum atomic E-state index is 6.29. The molecule has 0 amide bonds. The van der Waals surface area contributed by atoms with Gasteiger partial charge in [0.25, 0.3) is 0 Å². The molecule has 3 rings (SSSR count). The van der Waals surface area contributed by atoms with Gasteiger partial charge in [-0.15, -0.1) is 0 Å². The first-order valence-electron chi connectivity index (χ1n) is 9.55. The summed E-state index contributed by atoms with van der Waals surface area (Å²) in [5.41, 5.74) is 2.12. The van der Waals surface area contributed by atoms with Crippen molar-refractivity contribution in [3.63, 3.8) is 0 Å². The molecule has 7 heteroatoms. The summed E-state index contributed by atoms with van der Waals surface area (Å²) < 4.78 is 17.8. The Hall–Kier alpha value is -0.546. The molecule has 2 aliphatic rings. The molecule has 1 spiro atoms. The highest BCUT2D eigenvalue weighted by molar-refractivity contribution is 6.69. The Bertz CT molecular complexity index is 617. The first-order valence-corrected chi connectivity index (χ1v) is 16.4. The molecule has 1 fully saturated rings. The van der Waals surface area contributed by atoms with Crippen LogP contribution in [0.25, 0.3) is 0 Å². The molecule has 5 nitrogen and oxygen atoms in total. The predicted octanol–water partition coefficient (Wildman–Crippen LogP) is 5.42. The van der Waals surface area contributed by atoms with Gasteiger partial charge in [0.15, 0.2) is 0 Å². The van der Waals surface area contributed by atoms with Crippen LogP contribution in [-0.4, -0.2) is 22.9 Å². The van der Waals surface area contributed by atoms with Gasteiger partial charge in [-0.05, 0) is 57.7 Å². The van der Waals surface area contributed by atoms with Crippen LogP contribution < -0.4 is 0 Å². The largest absolute Gasteiger partial charge is 0.313 e. The second-order valence-corrected chi connectivity index (χ2v) is 18.1. The van der Waals surface area contributed by atoms with Gasteiger partial charge in [0.05, 0.1) is 0 Å². The van der Waals surface area contributed by atoms with Crippen molar-refractivity contribution in [3.8, 4) is 0 Å². The Kier molecular flexibility index (Phi) is 5.80. The fourth-order valence-corrected chi connectivity index (χ4v) is 4.43. The Labute approximate surface area is 159 Å². The Morgan fingerprint density at radius 2 is 1.46 bits per heavy atom. The predicted molar refractivity (Wildman–Crippen MR) is 105 cm³/mol. The maximum Gasteiger partial charge on any atom is 0.230 e. The molecule has 2 atom stereocenters. The van der Waals surface area contributed by atoms with E-state index < -0.39 is 29.2 Å². The van der Waals surface area contributed by atoms with Crippen molar-refractivity contribution in [2.75, 3.05) is 0 Å². The van der Waals surface area contributed by atoms with Gasteiger partial charge in [-0.2, -0.15) is 0 Å². The zero-order chi connectivity index (χ0) is 19.0. The number of ether oxygens (including phenoxy) is 1. The lowest BCUT2D eigenvalue weighted by molar-refractivity contribution is -0.424. The maximum absolute atomic E-state index is 6.29. The molecule has 146 valence electrons. The molecule has 0 saturated heterocycles. The van der Waals surface area contributed by atoms with E-state index in [9.17, 15) is 0 Å². The lowest BCUT2D eigenvalue weighted by Crippen LogP contribution is -2.48. The van der Waals surface area contributed by atoms with Gasteiger partial charge in [-0.3, -0.25) is 9.15 Å². The van der Waals surface area contributed by atoms with Crippen LogP contribution in [0.4, 0.5) is 0 Å². The number of benzene rings is 1. The Morgan fingerprint density at radius 3 is 2.08 bits per heavy atom. The normalized spacial score (nSPS) is 25.5. The zero-order valence-corrected chi connectivity index (χ0v) is 18.8. The lowest BCUT2D eigenvalue weighted by Gasteiger charge is -2.44. The molecule has 0 unspecified atom stereocenters. The first-order chi connectivity index (χ1) is 12.1. The van der Waals surface area contributed by atoms with E-state index in [0.717, 1.165) is 18.4 Å². The molecule has 1 aliphatic heterocycles. The molecular formula is C19H32O5Si2. The second kappa shape index (κ2) is 7.46. The van der Waals surface area contributed by atoms with Crippen LogP contribution in [0.1, 0.15) is 43.1 Å². The summed E-state index contributed by atoms with van der Waals surface area (Å²) >= 11 is 0. The second-order valence-electron chi connectivity index (χ2n) is 9.33. The van der Waals surface area contributed by atoms with Gasteiger partial charge in [0, 0.05) is 11.0 Å². The van der Waals surface area contributed by atoms with E-state index in [2.05, 4.69) is 57.5 Å². The van der Waals surface area contributed by atoms with Gasteiger partial charge in [-0.25, -0.2) is 9.78 Å². The average molecular weight is 397 g/mol. The van der Waals surface area contributed by atoms with Gasteiger partial charge in [0.1, 0.15) is 0 Å². The Morgan fingerprint density at radius 1 is 0.885 bits per heavy atom. The standard InChI is InChI=1S/C19H32O5Si2/c1-25(2,3)23-21-17-15-11-7-8-12-16(15)19(13-9-10-14-19)18(20-17)22-24-26(4,5)6/h7-8,11-12,17-18H,9-10,13-14H2,1-6H3/t17-,18+/m0/s1. The fourth-order valence-electron chi connectivity index (χ4n) is 3.68. The molecule has 0 N–H and O–H groups in total. The molecule has 1 aliphatic carbocycles. The minimum absolute atomic E-state index is 0.171. The van der Waals surface area contributed by atoms with Crippen LogP contribution in [0, 0.1) is 0 Å². The minimum atomic E-state index is -1.84. The molecule has 0 bridgehead atoms. The SMILES string of the molecule is C[Si](C)(C)OO[C@@H]1O[C@H](OO[Si](C)(C)C)C2(CCCC2)c2ccccc21. The smallest absolute Gasteiger partial charge is 0.230 e. The quantitative estimate of drug-likeness (QED) is 0.365. The van der Waals surface area contributed by atoms with Crippen molar-refractivity contribution < 1.29 is 23.7 Å². The molecule has 26 heavy (non-hydrogen) atoms. The van der Waals surface area contributed by atoms with Gasteiger partial charge < -0.3 is 4.74 Å². The monoisotopic (exact) mass is 396 g/mol. The zero-order valence-electron chi connectivity index (χ0n) is 16.8. The van der Waals surface area contributed by atoms with Crippen molar-refractivity contribution in [1.82, 2.24) is 0 Å². The number of hydrogen-bond donors (Lipinski definition) is 0. The summed E-state index contributed by atoms with van der Waals surface area (Å²) in [5.74, 6) is 0. The summed E-state index contributed by atoms with van der Waals surface area (Å²) in [7, 11) is -3.68. The molecule has 1 aromatic carbocycles. The number of rotatable bonds is 6. The molecular weight excluding hydrogens is 364 g/mol. The van der Waals surface area contributed by atoms with Crippen molar-refractivity contribution >= 4 is 16.6 Å². The van der Waals surface area contributed by atoms with Gasteiger partial charge in [-0.1, -0.05) is 37.1 Å². The van der Waals surface area contributed by atoms with E-state index in [1.165, 1.54) is 18.4 Å². The van der Waals surface area contributed by atoms with Crippen molar-refractivity contribution in [1.29, 1.82) is 0 Å².